The number of aromatic nitrogens is 1. The molecule has 0 unspecified atom stereocenters. The molecule has 0 aliphatic carbocycles. The second-order valence-corrected chi connectivity index (χ2v) is 7.62. The Labute approximate surface area is 176 Å². The molecule has 0 spiro atoms. The molecule has 6 nitrogen and oxygen atoms in total. The lowest BCUT2D eigenvalue weighted by Crippen LogP contribution is -2.29. The molecular formula is C25H16N2O4. The molecule has 31 heavy (non-hydrogen) atoms. The van der Waals surface area contributed by atoms with Crippen molar-refractivity contribution in [3.05, 3.63) is 106 Å². The van der Waals surface area contributed by atoms with Crippen molar-refractivity contribution in [1.29, 1.82) is 0 Å². The first-order valence-electron chi connectivity index (χ1n) is 9.94. The van der Waals surface area contributed by atoms with Gasteiger partial charge in [0.25, 0.3) is 5.91 Å². The van der Waals surface area contributed by atoms with Crippen LogP contribution >= 0.6 is 0 Å². The van der Waals surface area contributed by atoms with Crippen LogP contribution in [0.4, 0.5) is 5.82 Å². The first-order valence-corrected chi connectivity index (χ1v) is 9.94. The van der Waals surface area contributed by atoms with Crippen molar-refractivity contribution in [2.75, 3.05) is 4.90 Å². The predicted molar refractivity (Wildman–Crippen MR) is 116 cm³/mol. The first-order chi connectivity index (χ1) is 15.1. The molecule has 0 fully saturated rings. The summed E-state index contributed by atoms with van der Waals surface area (Å²) in [6, 6.07) is 21.7. The van der Waals surface area contributed by atoms with Crippen molar-refractivity contribution >= 4 is 33.5 Å². The molecule has 2 aromatic heterocycles. The van der Waals surface area contributed by atoms with E-state index in [2.05, 4.69) is 5.16 Å². The summed E-state index contributed by atoms with van der Waals surface area (Å²) >= 11 is 0. The molecular weight excluding hydrogens is 392 g/mol. The molecule has 1 aliphatic rings. The van der Waals surface area contributed by atoms with Gasteiger partial charge in [-0.05, 0) is 23.9 Å². The summed E-state index contributed by atoms with van der Waals surface area (Å²) in [6.45, 7) is 1.76. The molecule has 0 N–H and O–H groups in total. The van der Waals surface area contributed by atoms with E-state index in [-0.39, 0.29) is 11.2 Å². The fourth-order valence-electron chi connectivity index (χ4n) is 4.35. The first kappa shape index (κ1) is 17.7. The van der Waals surface area contributed by atoms with Crippen LogP contribution in [-0.2, 0) is 0 Å². The Hall–Kier alpha value is -4.19. The largest absolute Gasteiger partial charge is 0.450 e. The van der Waals surface area contributed by atoms with E-state index in [0.29, 0.717) is 28.1 Å². The van der Waals surface area contributed by atoms with Gasteiger partial charge in [-0.25, -0.2) is 0 Å². The van der Waals surface area contributed by atoms with Crippen LogP contribution in [0.3, 0.4) is 0 Å². The number of carbonyl (C=O) groups excluding carboxylic acids is 1. The molecule has 1 atom stereocenters. The fraction of sp³-hybridized carbons (Fsp3) is 0.0800. The molecule has 3 aromatic carbocycles. The van der Waals surface area contributed by atoms with E-state index >= 15 is 0 Å². The second kappa shape index (κ2) is 6.40. The van der Waals surface area contributed by atoms with Crippen LogP contribution in [0.5, 0.6) is 0 Å². The lowest BCUT2D eigenvalue weighted by molar-refractivity contribution is 0.0969. The number of hydrogen-bond donors (Lipinski definition) is 0. The number of fused-ring (bicyclic) bond motifs is 4. The van der Waals surface area contributed by atoms with E-state index in [4.69, 9.17) is 8.94 Å². The van der Waals surface area contributed by atoms with E-state index in [0.717, 1.165) is 16.3 Å². The summed E-state index contributed by atoms with van der Waals surface area (Å²) in [7, 11) is 0. The molecule has 0 bridgehead atoms. The van der Waals surface area contributed by atoms with Crippen molar-refractivity contribution in [3.8, 4) is 0 Å². The predicted octanol–water partition coefficient (Wildman–Crippen LogP) is 4.99. The fourth-order valence-corrected chi connectivity index (χ4v) is 4.35. The zero-order chi connectivity index (χ0) is 21.1. The number of carbonyl (C=O) groups is 1. The smallest absolute Gasteiger partial charge is 0.296 e. The molecule has 6 rings (SSSR count). The van der Waals surface area contributed by atoms with Gasteiger partial charge >= 0.3 is 0 Å². The highest BCUT2D eigenvalue weighted by atomic mass is 16.5. The minimum atomic E-state index is -0.652. The minimum Gasteiger partial charge on any atom is -0.450 e. The number of hydrogen-bond acceptors (Lipinski definition) is 5. The maximum absolute atomic E-state index is 13.7. The van der Waals surface area contributed by atoms with Gasteiger partial charge in [0.15, 0.2) is 11.2 Å². The summed E-state index contributed by atoms with van der Waals surface area (Å²) in [4.78, 5) is 28.7. The number of aryl methyl sites for hydroxylation is 1. The van der Waals surface area contributed by atoms with E-state index in [9.17, 15) is 9.59 Å². The van der Waals surface area contributed by atoms with Gasteiger partial charge in [-0.2, -0.15) is 0 Å². The Morgan fingerprint density at radius 3 is 2.45 bits per heavy atom. The van der Waals surface area contributed by atoms with E-state index < -0.39 is 11.9 Å². The van der Waals surface area contributed by atoms with Gasteiger partial charge in [0.05, 0.1) is 17.0 Å². The van der Waals surface area contributed by atoms with E-state index in [1.165, 1.54) is 4.90 Å². The van der Waals surface area contributed by atoms with Crippen molar-refractivity contribution in [1.82, 2.24) is 5.16 Å². The number of rotatable bonds is 2. The highest BCUT2D eigenvalue weighted by Gasteiger charge is 2.44. The van der Waals surface area contributed by atoms with E-state index in [1.807, 2.05) is 60.7 Å². The van der Waals surface area contributed by atoms with Gasteiger partial charge in [0.1, 0.15) is 11.3 Å². The third kappa shape index (κ3) is 2.48. The normalized spacial score (nSPS) is 15.7. The van der Waals surface area contributed by atoms with Crippen LogP contribution in [0.1, 0.15) is 33.5 Å². The van der Waals surface area contributed by atoms with Gasteiger partial charge in [-0.3, -0.25) is 14.5 Å². The monoisotopic (exact) mass is 408 g/mol. The average molecular weight is 408 g/mol. The van der Waals surface area contributed by atoms with Gasteiger partial charge in [0, 0.05) is 11.5 Å². The van der Waals surface area contributed by atoms with Crippen LogP contribution in [-0.4, -0.2) is 11.1 Å². The SMILES string of the molecule is Cc1cc(N2C(=O)c3oc4c(ccc5ccccc54)c(=O)c3[C@H]2c2ccccc2)no1. The molecule has 5 aromatic rings. The van der Waals surface area contributed by atoms with Gasteiger partial charge in [-0.1, -0.05) is 65.8 Å². The average Bonchev–Trinajstić information content (AvgIpc) is 3.35. The molecule has 3 heterocycles. The second-order valence-electron chi connectivity index (χ2n) is 7.62. The third-order valence-electron chi connectivity index (χ3n) is 5.74. The Balaban J connectivity index is 1.70. The lowest BCUT2D eigenvalue weighted by Gasteiger charge is -2.22. The standard InChI is InChI=1S/C25H16N2O4/c1-14-13-19(26-31-14)27-21(16-8-3-2-4-9-16)20-22(28)18-12-11-15-7-5-6-10-17(15)23(18)30-24(20)25(27)29/h2-13,21H,1H3/t21-/m1/s1. The molecule has 0 radical (unpaired) electrons. The highest BCUT2D eigenvalue weighted by molar-refractivity contribution is 6.12. The summed E-state index contributed by atoms with van der Waals surface area (Å²) in [6.07, 6.45) is 0. The highest BCUT2D eigenvalue weighted by Crippen LogP contribution is 2.41. The molecule has 1 amide bonds. The van der Waals surface area contributed by atoms with Crippen LogP contribution < -0.4 is 10.3 Å². The Morgan fingerprint density at radius 2 is 1.68 bits per heavy atom. The van der Waals surface area contributed by atoms with Crippen LogP contribution in [0, 0.1) is 6.92 Å². The maximum atomic E-state index is 13.7. The van der Waals surface area contributed by atoms with Crippen LogP contribution in [0.15, 0.2) is 86.5 Å². The molecule has 6 heteroatoms. The third-order valence-corrected chi connectivity index (χ3v) is 5.74. The zero-order valence-corrected chi connectivity index (χ0v) is 16.5. The zero-order valence-electron chi connectivity index (χ0n) is 16.5. The number of anilines is 1. The van der Waals surface area contributed by atoms with Crippen molar-refractivity contribution in [3.63, 3.8) is 0 Å². The molecule has 150 valence electrons. The van der Waals surface area contributed by atoms with Crippen LogP contribution in [0.25, 0.3) is 21.7 Å². The molecule has 0 saturated heterocycles. The summed E-state index contributed by atoms with van der Waals surface area (Å²) in [5, 5.41) is 6.22. The summed E-state index contributed by atoms with van der Waals surface area (Å²) in [5.41, 5.74) is 1.31. The topological polar surface area (TPSA) is 76.6 Å². The number of amides is 1. The minimum absolute atomic E-state index is 0.0448. The van der Waals surface area contributed by atoms with Crippen molar-refractivity contribution in [2.45, 2.75) is 13.0 Å². The van der Waals surface area contributed by atoms with Crippen molar-refractivity contribution in [2.24, 2.45) is 0 Å². The molecule has 0 saturated carbocycles. The summed E-state index contributed by atoms with van der Waals surface area (Å²) < 4.78 is 11.4. The number of benzene rings is 3. The number of nitrogens with zero attached hydrogens (tertiary/aromatic N) is 2. The molecule has 1 aliphatic heterocycles. The van der Waals surface area contributed by atoms with Gasteiger partial charge in [-0.15, -0.1) is 0 Å². The lowest BCUT2D eigenvalue weighted by atomic mass is 9.97. The Kier molecular flexibility index (Phi) is 3.65. The van der Waals surface area contributed by atoms with Crippen LogP contribution in [0.2, 0.25) is 0 Å². The Bertz CT molecular complexity index is 1550. The Morgan fingerprint density at radius 1 is 0.903 bits per heavy atom. The quantitative estimate of drug-likeness (QED) is 0.385. The maximum Gasteiger partial charge on any atom is 0.296 e. The van der Waals surface area contributed by atoms with E-state index in [1.54, 1.807) is 19.1 Å². The van der Waals surface area contributed by atoms with Gasteiger partial charge < -0.3 is 8.94 Å². The van der Waals surface area contributed by atoms with Crippen molar-refractivity contribution < 1.29 is 13.7 Å². The van der Waals surface area contributed by atoms with Gasteiger partial charge in [0.2, 0.25) is 5.76 Å². The summed E-state index contributed by atoms with van der Waals surface area (Å²) in [5.74, 6) is 0.546.